The first-order valence-electron chi connectivity index (χ1n) is 7.07. The van der Waals surface area contributed by atoms with Gasteiger partial charge in [0, 0.05) is 13.1 Å². The average Bonchev–Trinajstić information content (AvgIpc) is 2.43. The summed E-state index contributed by atoms with van der Waals surface area (Å²) in [5.74, 6) is 0.686. The van der Waals surface area contributed by atoms with Crippen LogP contribution in [-0.4, -0.2) is 40.3 Å². The van der Waals surface area contributed by atoms with Crippen molar-refractivity contribution in [1.82, 2.24) is 5.32 Å². The van der Waals surface area contributed by atoms with E-state index in [1.165, 1.54) is 11.4 Å². The summed E-state index contributed by atoms with van der Waals surface area (Å²) in [6.45, 7) is 5.93. The SMILES string of the molecule is CC(C)[C@H](C)NC(=O)COc1ccc(N(C)S(C)(=O)=O)cc1. The summed E-state index contributed by atoms with van der Waals surface area (Å²) in [4.78, 5) is 11.7. The summed E-state index contributed by atoms with van der Waals surface area (Å²) < 4.78 is 29.4. The molecule has 0 aliphatic carbocycles. The Labute approximate surface area is 132 Å². The molecule has 0 radical (unpaired) electrons. The van der Waals surface area contributed by atoms with E-state index in [-0.39, 0.29) is 18.6 Å². The zero-order valence-electron chi connectivity index (χ0n) is 13.7. The maximum Gasteiger partial charge on any atom is 0.258 e. The van der Waals surface area contributed by atoms with Gasteiger partial charge in [-0.15, -0.1) is 0 Å². The number of benzene rings is 1. The van der Waals surface area contributed by atoms with Crippen LogP contribution < -0.4 is 14.4 Å². The van der Waals surface area contributed by atoms with Gasteiger partial charge in [-0.1, -0.05) is 13.8 Å². The third-order valence-corrected chi connectivity index (χ3v) is 4.66. The van der Waals surface area contributed by atoms with Gasteiger partial charge >= 0.3 is 0 Å². The molecule has 1 N–H and O–H groups in total. The Morgan fingerprint density at radius 3 is 2.23 bits per heavy atom. The van der Waals surface area contributed by atoms with E-state index in [4.69, 9.17) is 4.74 Å². The molecule has 6 nitrogen and oxygen atoms in total. The van der Waals surface area contributed by atoms with Gasteiger partial charge in [0.1, 0.15) is 5.75 Å². The number of nitrogens with zero attached hydrogens (tertiary/aromatic N) is 1. The van der Waals surface area contributed by atoms with Crippen molar-refractivity contribution in [2.24, 2.45) is 5.92 Å². The standard InChI is InChI=1S/C15H24N2O4S/c1-11(2)12(3)16-15(18)10-21-14-8-6-13(7-9-14)17(4)22(5,19)20/h6-9,11-12H,10H2,1-5H3,(H,16,18)/t12-/m0/s1. The monoisotopic (exact) mass is 328 g/mol. The largest absolute Gasteiger partial charge is 0.484 e. The van der Waals surface area contributed by atoms with Gasteiger partial charge in [0.2, 0.25) is 10.0 Å². The molecule has 1 amide bonds. The van der Waals surface area contributed by atoms with Crippen LogP contribution in [0.15, 0.2) is 24.3 Å². The minimum absolute atomic E-state index is 0.0711. The van der Waals surface area contributed by atoms with Crippen LogP contribution in [0.25, 0.3) is 0 Å². The number of nitrogens with one attached hydrogen (secondary N) is 1. The Morgan fingerprint density at radius 2 is 1.77 bits per heavy atom. The Kier molecular flexibility index (Phi) is 6.22. The van der Waals surface area contributed by atoms with Crippen LogP contribution in [-0.2, 0) is 14.8 Å². The summed E-state index contributed by atoms with van der Waals surface area (Å²) in [5.41, 5.74) is 0.535. The van der Waals surface area contributed by atoms with Crippen molar-refractivity contribution >= 4 is 21.6 Å². The molecule has 1 atom stereocenters. The predicted octanol–water partition coefficient (Wildman–Crippen LogP) is 1.62. The average molecular weight is 328 g/mol. The molecule has 22 heavy (non-hydrogen) atoms. The molecule has 0 aromatic heterocycles. The van der Waals surface area contributed by atoms with E-state index >= 15 is 0 Å². The van der Waals surface area contributed by atoms with Crippen LogP contribution >= 0.6 is 0 Å². The van der Waals surface area contributed by atoms with Crippen LogP contribution in [0, 0.1) is 5.92 Å². The van der Waals surface area contributed by atoms with Crippen LogP contribution in [0.1, 0.15) is 20.8 Å². The van der Waals surface area contributed by atoms with Gasteiger partial charge in [0.15, 0.2) is 6.61 Å². The molecule has 0 fully saturated rings. The summed E-state index contributed by atoms with van der Waals surface area (Å²) in [6.07, 6.45) is 1.14. The fraction of sp³-hybridized carbons (Fsp3) is 0.533. The Bertz CT molecular complexity index is 596. The Hall–Kier alpha value is -1.76. The van der Waals surface area contributed by atoms with Crippen LogP contribution in [0.3, 0.4) is 0 Å². The second kappa shape index (κ2) is 7.49. The number of hydrogen-bond acceptors (Lipinski definition) is 4. The number of rotatable bonds is 7. The maximum atomic E-state index is 11.7. The van der Waals surface area contributed by atoms with Crippen molar-refractivity contribution in [3.63, 3.8) is 0 Å². The van der Waals surface area contributed by atoms with E-state index in [0.29, 0.717) is 17.4 Å². The molecular formula is C15H24N2O4S. The molecule has 0 bridgehead atoms. The lowest BCUT2D eigenvalue weighted by molar-refractivity contribution is -0.124. The van der Waals surface area contributed by atoms with E-state index in [9.17, 15) is 13.2 Å². The smallest absolute Gasteiger partial charge is 0.258 e. The number of sulfonamides is 1. The van der Waals surface area contributed by atoms with Crippen molar-refractivity contribution in [2.75, 3.05) is 24.2 Å². The summed E-state index contributed by atoms with van der Waals surface area (Å²) in [6, 6.07) is 6.62. The lowest BCUT2D eigenvalue weighted by Crippen LogP contribution is -2.38. The molecule has 0 saturated heterocycles. The van der Waals surface area contributed by atoms with Gasteiger partial charge < -0.3 is 10.1 Å². The minimum atomic E-state index is -3.29. The first kappa shape index (κ1) is 18.3. The summed E-state index contributed by atoms with van der Waals surface area (Å²) in [5, 5.41) is 2.85. The molecule has 0 aliphatic heterocycles. The van der Waals surface area contributed by atoms with Crippen molar-refractivity contribution in [1.29, 1.82) is 0 Å². The number of amides is 1. The van der Waals surface area contributed by atoms with Crippen LogP contribution in [0.2, 0.25) is 0 Å². The van der Waals surface area contributed by atoms with Gasteiger partial charge in [0.25, 0.3) is 5.91 Å². The molecule has 0 spiro atoms. The highest BCUT2D eigenvalue weighted by Gasteiger charge is 2.13. The lowest BCUT2D eigenvalue weighted by atomic mass is 10.1. The maximum absolute atomic E-state index is 11.7. The van der Waals surface area contributed by atoms with Crippen LogP contribution in [0.4, 0.5) is 5.69 Å². The third kappa shape index (κ3) is 5.55. The molecule has 0 saturated carbocycles. The van der Waals surface area contributed by atoms with Gasteiger partial charge in [-0.25, -0.2) is 8.42 Å². The first-order valence-corrected chi connectivity index (χ1v) is 8.92. The molecule has 1 rings (SSSR count). The van der Waals surface area contributed by atoms with E-state index in [2.05, 4.69) is 5.32 Å². The molecular weight excluding hydrogens is 304 g/mol. The van der Waals surface area contributed by atoms with Crippen molar-refractivity contribution in [3.8, 4) is 5.75 Å². The number of anilines is 1. The molecule has 1 aromatic rings. The Balaban J connectivity index is 2.57. The molecule has 7 heteroatoms. The van der Waals surface area contributed by atoms with Crippen molar-refractivity contribution in [2.45, 2.75) is 26.8 Å². The van der Waals surface area contributed by atoms with Gasteiger partial charge in [-0.3, -0.25) is 9.10 Å². The van der Waals surface area contributed by atoms with Gasteiger partial charge in [-0.05, 0) is 37.1 Å². The number of ether oxygens (including phenoxy) is 1. The van der Waals surface area contributed by atoms with Gasteiger partial charge in [-0.2, -0.15) is 0 Å². The molecule has 0 aliphatic rings. The topological polar surface area (TPSA) is 75.7 Å². The van der Waals surface area contributed by atoms with E-state index in [1.807, 2.05) is 20.8 Å². The molecule has 0 unspecified atom stereocenters. The zero-order chi connectivity index (χ0) is 16.9. The highest BCUT2D eigenvalue weighted by molar-refractivity contribution is 7.92. The number of carbonyl (C=O) groups is 1. The van der Waals surface area contributed by atoms with Crippen molar-refractivity contribution < 1.29 is 17.9 Å². The van der Waals surface area contributed by atoms with E-state index < -0.39 is 10.0 Å². The second-order valence-corrected chi connectivity index (χ2v) is 7.63. The molecule has 0 heterocycles. The quantitative estimate of drug-likeness (QED) is 0.825. The van der Waals surface area contributed by atoms with Crippen molar-refractivity contribution in [3.05, 3.63) is 24.3 Å². The fourth-order valence-electron chi connectivity index (χ4n) is 1.55. The zero-order valence-corrected chi connectivity index (χ0v) is 14.5. The van der Waals surface area contributed by atoms with E-state index in [1.54, 1.807) is 24.3 Å². The number of carbonyl (C=O) groups excluding carboxylic acids is 1. The number of hydrogen-bond donors (Lipinski definition) is 1. The Morgan fingerprint density at radius 1 is 1.23 bits per heavy atom. The van der Waals surface area contributed by atoms with Gasteiger partial charge in [0.05, 0.1) is 11.9 Å². The first-order chi connectivity index (χ1) is 10.1. The highest BCUT2D eigenvalue weighted by Crippen LogP contribution is 2.20. The second-order valence-electron chi connectivity index (χ2n) is 5.61. The summed E-state index contributed by atoms with van der Waals surface area (Å²) in [7, 11) is -1.81. The fourth-order valence-corrected chi connectivity index (χ4v) is 2.06. The lowest BCUT2D eigenvalue weighted by Gasteiger charge is -2.18. The molecule has 1 aromatic carbocycles. The highest BCUT2D eigenvalue weighted by atomic mass is 32.2. The van der Waals surface area contributed by atoms with Crippen LogP contribution in [0.5, 0.6) is 5.75 Å². The van der Waals surface area contributed by atoms with E-state index in [0.717, 1.165) is 6.26 Å². The summed E-state index contributed by atoms with van der Waals surface area (Å²) >= 11 is 0. The normalized spacial score (nSPS) is 12.8. The third-order valence-electron chi connectivity index (χ3n) is 3.46. The minimum Gasteiger partial charge on any atom is -0.484 e. The predicted molar refractivity (Wildman–Crippen MR) is 87.6 cm³/mol. The molecule has 124 valence electrons.